The normalized spacial score (nSPS) is 24.2. The first kappa shape index (κ1) is 23.4. The number of hydrogen-bond acceptors (Lipinski definition) is 6. The minimum atomic E-state index is -0.665. The third-order valence-electron chi connectivity index (χ3n) is 5.94. The van der Waals surface area contributed by atoms with E-state index >= 15 is 0 Å². The Bertz CT molecular complexity index is 670. The van der Waals surface area contributed by atoms with Gasteiger partial charge in [0.25, 0.3) is 0 Å². The summed E-state index contributed by atoms with van der Waals surface area (Å²) in [6, 6.07) is 0. The molecule has 0 aromatic carbocycles. The van der Waals surface area contributed by atoms with Gasteiger partial charge in [-0.2, -0.15) is 5.21 Å². The molecule has 7 heteroatoms. The van der Waals surface area contributed by atoms with Crippen LogP contribution in [0.25, 0.3) is 0 Å². The number of unbranched alkanes of at least 4 members (excludes halogenated alkanes) is 2. The van der Waals surface area contributed by atoms with E-state index in [1.54, 1.807) is 6.08 Å². The number of nitrogens with zero attached hydrogens (tertiary/aromatic N) is 3. The van der Waals surface area contributed by atoms with E-state index in [4.69, 9.17) is 0 Å². The van der Waals surface area contributed by atoms with Crippen LogP contribution in [0.3, 0.4) is 0 Å². The molecule has 0 saturated heterocycles. The number of aromatic nitrogens is 4. The summed E-state index contributed by atoms with van der Waals surface area (Å²) in [5.74, 6) is 0.352. The van der Waals surface area contributed by atoms with Crippen LogP contribution in [0.1, 0.15) is 71.5 Å². The molecular formula is C22H36N4O3. The fourth-order valence-corrected chi connectivity index (χ4v) is 3.83. The van der Waals surface area contributed by atoms with Crippen molar-refractivity contribution in [1.29, 1.82) is 0 Å². The van der Waals surface area contributed by atoms with Crippen LogP contribution >= 0.6 is 0 Å². The van der Waals surface area contributed by atoms with Gasteiger partial charge in [-0.25, -0.2) is 0 Å². The summed E-state index contributed by atoms with van der Waals surface area (Å²) in [7, 11) is 0. The predicted octanol–water partition coefficient (Wildman–Crippen LogP) is 3.17. The number of aryl methyl sites for hydroxylation is 1. The highest BCUT2D eigenvalue weighted by atomic mass is 16.3. The second-order valence-electron chi connectivity index (χ2n) is 8.77. The molecule has 1 fully saturated rings. The van der Waals surface area contributed by atoms with E-state index in [9.17, 15) is 15.0 Å². The van der Waals surface area contributed by atoms with E-state index in [2.05, 4.69) is 47.5 Å². The molecule has 0 amide bonds. The van der Waals surface area contributed by atoms with E-state index in [1.165, 1.54) is 0 Å². The van der Waals surface area contributed by atoms with Crippen molar-refractivity contribution in [2.75, 3.05) is 0 Å². The standard InChI is InChI=1S/C22H36N4O3/c1-4-5-14-22(2,3)20(29)13-12-17-16(18(27)15-19(17)28)10-8-6-7-9-11-21-23-25-26-24-21/h6,8,12-13,16-17,19-20,28-29H,4-5,7,9-11,14-15H2,1-3H3,(H,23,24,25,26)/b8-6-,13-12+/t16-,17-,19-,20-/m1/s1. The lowest BCUT2D eigenvalue weighted by Crippen LogP contribution is -2.28. The zero-order valence-electron chi connectivity index (χ0n) is 17.9. The van der Waals surface area contributed by atoms with Gasteiger partial charge in [-0.05, 0) is 31.1 Å². The second kappa shape index (κ2) is 11.4. The molecule has 0 unspecified atom stereocenters. The average molecular weight is 405 g/mol. The molecule has 1 aromatic rings. The number of carbonyl (C=O) groups is 1. The monoisotopic (exact) mass is 404 g/mol. The Morgan fingerprint density at radius 3 is 2.79 bits per heavy atom. The topological polar surface area (TPSA) is 112 Å². The van der Waals surface area contributed by atoms with Crippen LogP contribution in [0.5, 0.6) is 0 Å². The molecule has 4 atom stereocenters. The van der Waals surface area contributed by atoms with E-state index in [0.717, 1.165) is 38.5 Å². The van der Waals surface area contributed by atoms with E-state index in [1.807, 2.05) is 12.2 Å². The molecule has 1 aromatic heterocycles. The maximum Gasteiger partial charge on any atom is 0.174 e. The molecule has 162 valence electrons. The number of aromatic amines is 1. The smallest absolute Gasteiger partial charge is 0.174 e. The summed E-state index contributed by atoms with van der Waals surface area (Å²) < 4.78 is 0. The van der Waals surface area contributed by atoms with Gasteiger partial charge in [-0.1, -0.05) is 63.1 Å². The molecule has 1 aliphatic rings. The van der Waals surface area contributed by atoms with Gasteiger partial charge >= 0.3 is 0 Å². The van der Waals surface area contributed by atoms with Crippen LogP contribution in [-0.4, -0.2) is 48.8 Å². The molecular weight excluding hydrogens is 368 g/mol. The van der Waals surface area contributed by atoms with Gasteiger partial charge in [0.15, 0.2) is 5.82 Å². The SMILES string of the molecule is CCCCC(C)(C)[C@H](O)/C=C/[C@H]1[C@H](O)CC(=O)[C@@H]1C/C=C\CCCc1nn[nH]n1. The zero-order chi connectivity index (χ0) is 21.3. The molecule has 0 radical (unpaired) electrons. The van der Waals surface area contributed by atoms with Crippen LogP contribution < -0.4 is 0 Å². The largest absolute Gasteiger partial charge is 0.392 e. The predicted molar refractivity (Wildman–Crippen MR) is 112 cm³/mol. The molecule has 1 heterocycles. The van der Waals surface area contributed by atoms with Crippen molar-refractivity contribution in [2.24, 2.45) is 17.3 Å². The third-order valence-corrected chi connectivity index (χ3v) is 5.94. The Morgan fingerprint density at radius 1 is 1.31 bits per heavy atom. The number of aliphatic hydroxyl groups excluding tert-OH is 2. The number of rotatable bonds is 12. The Hall–Kier alpha value is -1.86. The minimum absolute atomic E-state index is 0.100. The van der Waals surface area contributed by atoms with Crippen LogP contribution in [0.4, 0.5) is 0 Å². The lowest BCUT2D eigenvalue weighted by molar-refractivity contribution is -0.121. The summed E-state index contributed by atoms with van der Waals surface area (Å²) >= 11 is 0. The van der Waals surface area contributed by atoms with Crippen molar-refractivity contribution >= 4 is 5.78 Å². The molecule has 7 nitrogen and oxygen atoms in total. The summed E-state index contributed by atoms with van der Waals surface area (Å²) in [5.41, 5.74) is -0.214. The van der Waals surface area contributed by atoms with Gasteiger partial charge in [0, 0.05) is 24.7 Å². The lowest BCUT2D eigenvalue weighted by Gasteiger charge is -2.29. The van der Waals surface area contributed by atoms with Crippen LogP contribution in [0.15, 0.2) is 24.3 Å². The highest BCUT2D eigenvalue weighted by molar-refractivity contribution is 5.84. The highest BCUT2D eigenvalue weighted by Crippen LogP contribution is 2.35. The van der Waals surface area contributed by atoms with Crippen LogP contribution in [0, 0.1) is 17.3 Å². The number of carbonyl (C=O) groups excluding carboxylic acids is 1. The Balaban J connectivity index is 1.85. The average Bonchev–Trinajstić information content (AvgIpc) is 3.29. The van der Waals surface area contributed by atoms with Crippen LogP contribution in [-0.2, 0) is 11.2 Å². The number of aliphatic hydroxyl groups is 2. The van der Waals surface area contributed by atoms with Crippen LogP contribution in [0.2, 0.25) is 0 Å². The van der Waals surface area contributed by atoms with Crippen molar-refractivity contribution in [3.8, 4) is 0 Å². The van der Waals surface area contributed by atoms with E-state index in [-0.39, 0.29) is 29.5 Å². The quantitative estimate of drug-likeness (QED) is 0.364. The first-order valence-corrected chi connectivity index (χ1v) is 10.8. The zero-order valence-corrected chi connectivity index (χ0v) is 17.9. The first-order chi connectivity index (χ1) is 13.8. The number of Topliss-reactive ketones (excluding diaryl/α,β-unsaturated/α-hetero) is 1. The third kappa shape index (κ3) is 7.16. The summed E-state index contributed by atoms with van der Waals surface area (Å²) in [6.45, 7) is 6.26. The first-order valence-electron chi connectivity index (χ1n) is 10.8. The second-order valence-corrected chi connectivity index (χ2v) is 8.77. The Kier molecular flexibility index (Phi) is 9.17. The summed E-state index contributed by atoms with van der Waals surface area (Å²) in [4.78, 5) is 12.3. The number of nitrogens with one attached hydrogen (secondary N) is 1. The minimum Gasteiger partial charge on any atom is -0.392 e. The van der Waals surface area contributed by atoms with Gasteiger partial charge in [0.1, 0.15) is 5.78 Å². The van der Waals surface area contributed by atoms with Gasteiger partial charge < -0.3 is 10.2 Å². The van der Waals surface area contributed by atoms with Gasteiger partial charge in [0.05, 0.1) is 12.2 Å². The molecule has 1 saturated carbocycles. The molecule has 3 N–H and O–H groups in total. The molecule has 29 heavy (non-hydrogen) atoms. The molecule has 0 aliphatic heterocycles. The fraction of sp³-hybridized carbons (Fsp3) is 0.727. The number of H-pyrrole nitrogens is 1. The van der Waals surface area contributed by atoms with Crippen molar-refractivity contribution in [3.63, 3.8) is 0 Å². The molecule has 0 spiro atoms. The van der Waals surface area contributed by atoms with Gasteiger partial charge in [-0.3, -0.25) is 4.79 Å². The Labute approximate surface area is 173 Å². The maximum absolute atomic E-state index is 12.3. The maximum atomic E-state index is 12.3. The molecule has 2 rings (SSSR count). The number of tetrazole rings is 1. The molecule has 0 bridgehead atoms. The molecule has 1 aliphatic carbocycles. The van der Waals surface area contributed by atoms with E-state index < -0.39 is 12.2 Å². The number of allylic oxidation sites excluding steroid dienone is 2. The van der Waals surface area contributed by atoms with Crippen molar-refractivity contribution in [3.05, 3.63) is 30.1 Å². The van der Waals surface area contributed by atoms with Gasteiger partial charge in [-0.15, -0.1) is 10.2 Å². The summed E-state index contributed by atoms with van der Waals surface area (Å²) in [5, 5.41) is 34.7. The van der Waals surface area contributed by atoms with Gasteiger partial charge in [0.2, 0.25) is 0 Å². The van der Waals surface area contributed by atoms with Crippen molar-refractivity contribution in [2.45, 2.75) is 84.3 Å². The fourth-order valence-electron chi connectivity index (χ4n) is 3.83. The Morgan fingerprint density at radius 2 is 2.10 bits per heavy atom. The number of hydrogen-bond donors (Lipinski definition) is 3. The highest BCUT2D eigenvalue weighted by Gasteiger charge is 2.39. The number of ketones is 1. The van der Waals surface area contributed by atoms with E-state index in [0.29, 0.717) is 12.2 Å². The lowest BCUT2D eigenvalue weighted by atomic mass is 9.80. The van der Waals surface area contributed by atoms with Crippen molar-refractivity contribution in [1.82, 2.24) is 20.6 Å². The van der Waals surface area contributed by atoms with Crippen molar-refractivity contribution < 1.29 is 15.0 Å². The summed E-state index contributed by atoms with van der Waals surface area (Å²) in [6.07, 6.45) is 13.0.